The standard InChI is InChI=1S/C24H24F3N3O5S/c1-2-33-17-5-3-16(4-6-17)11-12-28-23(32)20-15-36-22(30-20)13-29-21(31)14-34-18-7-9-19(10-8-18)35-24(25,26)27/h3-10,15H,2,11-14H2,1H3,(H,28,32)(H,29,31). The van der Waals surface area contributed by atoms with Gasteiger partial charge in [-0.25, -0.2) is 4.98 Å². The van der Waals surface area contributed by atoms with E-state index in [0.29, 0.717) is 24.6 Å². The van der Waals surface area contributed by atoms with E-state index in [1.54, 1.807) is 5.38 Å². The number of carbonyl (C=O) groups excluding carboxylic acids is 2. The summed E-state index contributed by atoms with van der Waals surface area (Å²) < 4.78 is 51.0. The Labute approximate surface area is 209 Å². The summed E-state index contributed by atoms with van der Waals surface area (Å²) in [5, 5.41) is 7.57. The van der Waals surface area contributed by atoms with Gasteiger partial charge in [-0.05, 0) is 55.3 Å². The van der Waals surface area contributed by atoms with Gasteiger partial charge in [0.2, 0.25) is 0 Å². The van der Waals surface area contributed by atoms with Crippen LogP contribution in [0, 0.1) is 0 Å². The van der Waals surface area contributed by atoms with E-state index in [0.717, 1.165) is 23.4 Å². The molecule has 0 unspecified atom stereocenters. The Kier molecular flexibility index (Phi) is 9.51. The molecule has 12 heteroatoms. The molecule has 36 heavy (non-hydrogen) atoms. The number of alkyl halides is 3. The molecule has 0 atom stereocenters. The van der Waals surface area contributed by atoms with Crippen molar-refractivity contribution in [2.45, 2.75) is 26.3 Å². The topological polar surface area (TPSA) is 98.8 Å². The summed E-state index contributed by atoms with van der Waals surface area (Å²) in [7, 11) is 0. The van der Waals surface area contributed by atoms with E-state index >= 15 is 0 Å². The van der Waals surface area contributed by atoms with Crippen molar-refractivity contribution < 1.29 is 37.0 Å². The van der Waals surface area contributed by atoms with Crippen LogP contribution in [0.5, 0.6) is 17.2 Å². The van der Waals surface area contributed by atoms with E-state index in [1.165, 1.54) is 23.5 Å². The number of halogens is 3. The van der Waals surface area contributed by atoms with Gasteiger partial charge < -0.3 is 24.8 Å². The first kappa shape index (κ1) is 26.8. The van der Waals surface area contributed by atoms with E-state index in [4.69, 9.17) is 9.47 Å². The molecule has 0 bridgehead atoms. The van der Waals surface area contributed by atoms with Gasteiger partial charge in [-0.3, -0.25) is 9.59 Å². The van der Waals surface area contributed by atoms with Gasteiger partial charge in [-0.2, -0.15) is 0 Å². The minimum atomic E-state index is -4.78. The van der Waals surface area contributed by atoms with Crippen LogP contribution in [-0.4, -0.2) is 42.9 Å². The van der Waals surface area contributed by atoms with Crippen molar-refractivity contribution in [2.24, 2.45) is 0 Å². The number of carbonyl (C=O) groups is 2. The Bertz CT molecular complexity index is 1140. The zero-order chi connectivity index (χ0) is 26.0. The van der Waals surface area contributed by atoms with Crippen molar-refractivity contribution in [1.82, 2.24) is 15.6 Å². The third kappa shape index (κ3) is 9.10. The van der Waals surface area contributed by atoms with Gasteiger partial charge in [0, 0.05) is 11.9 Å². The lowest BCUT2D eigenvalue weighted by molar-refractivity contribution is -0.274. The number of nitrogens with one attached hydrogen (secondary N) is 2. The van der Waals surface area contributed by atoms with Gasteiger partial charge in [-0.1, -0.05) is 12.1 Å². The van der Waals surface area contributed by atoms with E-state index in [-0.39, 0.29) is 36.3 Å². The molecule has 0 aliphatic carbocycles. The van der Waals surface area contributed by atoms with Gasteiger partial charge in [0.1, 0.15) is 28.0 Å². The van der Waals surface area contributed by atoms with Crippen LogP contribution in [0.4, 0.5) is 13.2 Å². The number of thiazole rings is 1. The molecular weight excluding hydrogens is 499 g/mol. The van der Waals surface area contributed by atoms with E-state index < -0.39 is 12.3 Å². The third-order valence-corrected chi connectivity index (χ3v) is 5.43. The van der Waals surface area contributed by atoms with Crippen LogP contribution in [0.1, 0.15) is 28.0 Å². The second kappa shape index (κ2) is 12.8. The van der Waals surface area contributed by atoms with Crippen LogP contribution in [0.15, 0.2) is 53.9 Å². The second-order valence-corrected chi connectivity index (χ2v) is 8.24. The van der Waals surface area contributed by atoms with Gasteiger partial charge in [0.05, 0.1) is 13.2 Å². The fourth-order valence-electron chi connectivity index (χ4n) is 2.94. The quantitative estimate of drug-likeness (QED) is 0.371. The first-order valence-corrected chi connectivity index (χ1v) is 11.8. The monoisotopic (exact) mass is 523 g/mol. The molecule has 0 spiro atoms. The number of aromatic nitrogens is 1. The lowest BCUT2D eigenvalue weighted by atomic mass is 10.1. The lowest BCUT2D eigenvalue weighted by Crippen LogP contribution is -2.28. The third-order valence-electron chi connectivity index (χ3n) is 4.58. The summed E-state index contributed by atoms with van der Waals surface area (Å²) in [6.45, 7) is 2.72. The van der Waals surface area contributed by atoms with Crippen molar-refractivity contribution in [1.29, 1.82) is 0 Å². The molecule has 3 aromatic rings. The smallest absolute Gasteiger partial charge is 0.494 e. The van der Waals surface area contributed by atoms with Gasteiger partial charge in [-0.15, -0.1) is 24.5 Å². The molecule has 0 aliphatic rings. The Balaban J connectivity index is 1.36. The van der Waals surface area contributed by atoms with Crippen molar-refractivity contribution >= 4 is 23.2 Å². The fraction of sp³-hybridized carbons (Fsp3) is 0.292. The van der Waals surface area contributed by atoms with E-state index in [1.807, 2.05) is 31.2 Å². The van der Waals surface area contributed by atoms with Crippen LogP contribution < -0.4 is 24.8 Å². The first-order valence-electron chi connectivity index (χ1n) is 10.9. The zero-order valence-electron chi connectivity index (χ0n) is 19.3. The highest BCUT2D eigenvalue weighted by molar-refractivity contribution is 7.09. The molecule has 3 rings (SSSR count). The number of hydrogen-bond acceptors (Lipinski definition) is 7. The molecule has 0 radical (unpaired) electrons. The molecule has 1 aromatic heterocycles. The number of nitrogens with zero attached hydrogens (tertiary/aromatic N) is 1. The summed E-state index contributed by atoms with van der Waals surface area (Å²) in [5.41, 5.74) is 1.32. The highest BCUT2D eigenvalue weighted by Gasteiger charge is 2.31. The summed E-state index contributed by atoms with van der Waals surface area (Å²) in [6, 6.07) is 12.4. The van der Waals surface area contributed by atoms with Crippen LogP contribution >= 0.6 is 11.3 Å². The summed E-state index contributed by atoms with van der Waals surface area (Å²) >= 11 is 1.23. The van der Waals surface area contributed by atoms with Crippen molar-refractivity contribution in [2.75, 3.05) is 19.8 Å². The normalized spacial score (nSPS) is 11.0. The maximum Gasteiger partial charge on any atom is 0.573 e. The van der Waals surface area contributed by atoms with E-state index in [2.05, 4.69) is 20.4 Å². The lowest BCUT2D eigenvalue weighted by Gasteiger charge is -2.10. The van der Waals surface area contributed by atoms with E-state index in [9.17, 15) is 22.8 Å². The highest BCUT2D eigenvalue weighted by Crippen LogP contribution is 2.24. The number of rotatable bonds is 12. The summed E-state index contributed by atoms with van der Waals surface area (Å²) in [4.78, 5) is 28.5. The van der Waals surface area contributed by atoms with Crippen molar-refractivity contribution in [3.8, 4) is 17.2 Å². The molecule has 8 nitrogen and oxygen atoms in total. The Hall–Kier alpha value is -3.80. The van der Waals surface area contributed by atoms with Crippen LogP contribution in [0.2, 0.25) is 0 Å². The molecule has 2 N–H and O–H groups in total. The molecule has 2 amide bonds. The summed E-state index contributed by atoms with van der Waals surface area (Å²) in [5.74, 6) is -0.150. The number of ether oxygens (including phenoxy) is 3. The molecule has 192 valence electrons. The maximum absolute atomic E-state index is 12.3. The molecule has 0 aliphatic heterocycles. The predicted molar refractivity (Wildman–Crippen MR) is 126 cm³/mol. The molecule has 2 aromatic carbocycles. The molecule has 1 heterocycles. The Morgan fingerprint density at radius 1 is 0.944 bits per heavy atom. The minimum absolute atomic E-state index is 0.102. The Morgan fingerprint density at radius 2 is 1.58 bits per heavy atom. The van der Waals surface area contributed by atoms with Crippen LogP contribution in [-0.2, 0) is 17.8 Å². The zero-order valence-corrected chi connectivity index (χ0v) is 20.1. The average molecular weight is 524 g/mol. The maximum atomic E-state index is 12.3. The summed E-state index contributed by atoms with van der Waals surface area (Å²) in [6.07, 6.45) is -4.13. The largest absolute Gasteiger partial charge is 0.573 e. The second-order valence-electron chi connectivity index (χ2n) is 7.29. The van der Waals surface area contributed by atoms with Crippen molar-refractivity contribution in [3.63, 3.8) is 0 Å². The van der Waals surface area contributed by atoms with Crippen LogP contribution in [0.25, 0.3) is 0 Å². The van der Waals surface area contributed by atoms with Crippen molar-refractivity contribution in [3.05, 3.63) is 70.2 Å². The minimum Gasteiger partial charge on any atom is -0.494 e. The Morgan fingerprint density at radius 3 is 2.25 bits per heavy atom. The molecule has 0 fully saturated rings. The number of benzene rings is 2. The molecule has 0 saturated carbocycles. The predicted octanol–water partition coefficient (Wildman–Crippen LogP) is 4.11. The van der Waals surface area contributed by atoms with Gasteiger partial charge in [0.25, 0.3) is 11.8 Å². The van der Waals surface area contributed by atoms with Gasteiger partial charge >= 0.3 is 6.36 Å². The number of hydrogen-bond donors (Lipinski definition) is 2. The molecule has 0 saturated heterocycles. The van der Waals surface area contributed by atoms with Crippen LogP contribution in [0.3, 0.4) is 0 Å². The highest BCUT2D eigenvalue weighted by atomic mass is 32.1. The van der Waals surface area contributed by atoms with Gasteiger partial charge in [0.15, 0.2) is 6.61 Å². The molecular formula is C24H24F3N3O5S. The number of amides is 2. The average Bonchev–Trinajstić information content (AvgIpc) is 3.32. The first-order chi connectivity index (χ1) is 17.2. The fourth-order valence-corrected chi connectivity index (χ4v) is 3.65. The SMILES string of the molecule is CCOc1ccc(CCNC(=O)c2csc(CNC(=O)COc3ccc(OC(F)(F)F)cc3)n2)cc1.